The van der Waals surface area contributed by atoms with Crippen LogP contribution in [0.4, 0.5) is 11.4 Å². The smallest absolute Gasteiger partial charge is 0.0576 e. The molecule has 0 unspecified atom stereocenters. The van der Waals surface area contributed by atoms with Crippen molar-refractivity contribution in [3.8, 4) is 0 Å². The quantitative estimate of drug-likeness (QED) is 0.663. The molecule has 1 fully saturated rings. The van der Waals surface area contributed by atoms with Gasteiger partial charge in [0.2, 0.25) is 0 Å². The van der Waals surface area contributed by atoms with Gasteiger partial charge >= 0.3 is 0 Å². The van der Waals surface area contributed by atoms with Crippen LogP contribution in [-0.2, 0) is 0 Å². The molecule has 0 radical (unpaired) electrons. The Bertz CT molecular complexity index is 664. The van der Waals surface area contributed by atoms with Crippen molar-refractivity contribution in [1.82, 2.24) is 0 Å². The average Bonchev–Trinajstić information content (AvgIpc) is 2.56. The van der Waals surface area contributed by atoms with Crippen LogP contribution in [-0.4, -0.2) is 30.5 Å². The van der Waals surface area contributed by atoms with Crippen molar-refractivity contribution in [1.29, 1.82) is 0 Å². The molecule has 0 atom stereocenters. The third-order valence-corrected chi connectivity index (χ3v) is 4.19. The number of piperidine rings is 1. The molecule has 0 aromatic heterocycles. The summed E-state index contributed by atoms with van der Waals surface area (Å²) in [6.45, 7) is 1.82. The van der Waals surface area contributed by atoms with Gasteiger partial charge in [-0.15, -0.1) is 0 Å². The van der Waals surface area contributed by atoms with Gasteiger partial charge in [0.05, 0.1) is 18.0 Å². The lowest BCUT2D eigenvalue weighted by molar-refractivity contribution is 0.145. The number of hydrogen-bond acceptors (Lipinski definition) is 4. The van der Waals surface area contributed by atoms with Crippen LogP contribution < -0.4 is 10.3 Å². The monoisotopic (exact) mass is 329 g/mol. The van der Waals surface area contributed by atoms with E-state index in [4.69, 9.17) is 11.6 Å². The predicted octanol–water partition coefficient (Wildman–Crippen LogP) is 3.75. The molecule has 3 rings (SSSR count). The molecule has 5 heteroatoms. The van der Waals surface area contributed by atoms with Gasteiger partial charge in [0.15, 0.2) is 0 Å². The second-order valence-corrected chi connectivity index (χ2v) is 6.13. The molecule has 0 amide bonds. The van der Waals surface area contributed by atoms with Crippen LogP contribution in [0.5, 0.6) is 0 Å². The number of anilines is 2. The van der Waals surface area contributed by atoms with Gasteiger partial charge < -0.3 is 10.0 Å². The summed E-state index contributed by atoms with van der Waals surface area (Å²) in [4.78, 5) is 2.30. The first-order valence-electron chi connectivity index (χ1n) is 7.78. The van der Waals surface area contributed by atoms with Gasteiger partial charge in [0.1, 0.15) is 0 Å². The van der Waals surface area contributed by atoms with Crippen molar-refractivity contribution in [2.24, 2.45) is 5.10 Å². The maximum Gasteiger partial charge on any atom is 0.0576 e. The van der Waals surface area contributed by atoms with E-state index in [9.17, 15) is 5.11 Å². The van der Waals surface area contributed by atoms with Crippen molar-refractivity contribution < 1.29 is 5.11 Å². The first kappa shape index (κ1) is 15.8. The lowest BCUT2D eigenvalue weighted by Crippen LogP contribution is -2.35. The highest BCUT2D eigenvalue weighted by molar-refractivity contribution is 6.30. The first-order chi connectivity index (χ1) is 11.2. The van der Waals surface area contributed by atoms with E-state index < -0.39 is 0 Å². The standard InChI is InChI=1S/C18H20ClN3O/c19-15-2-1-3-16(12-15)21-20-13-14-4-6-17(7-5-14)22-10-8-18(23)9-11-22/h1-7,12-13,18,21,23H,8-11H2. The highest BCUT2D eigenvalue weighted by Gasteiger charge is 2.16. The van der Waals surface area contributed by atoms with E-state index in [1.165, 1.54) is 5.69 Å². The Morgan fingerprint density at radius 2 is 1.87 bits per heavy atom. The predicted molar refractivity (Wildman–Crippen MR) is 96.6 cm³/mol. The summed E-state index contributed by atoms with van der Waals surface area (Å²) in [6.07, 6.45) is 3.32. The van der Waals surface area contributed by atoms with Gasteiger partial charge in [-0.2, -0.15) is 5.10 Å². The number of aliphatic hydroxyl groups is 1. The van der Waals surface area contributed by atoms with Gasteiger partial charge in [0, 0.05) is 23.8 Å². The minimum absolute atomic E-state index is 0.143. The summed E-state index contributed by atoms with van der Waals surface area (Å²) in [5.41, 5.74) is 6.04. The fourth-order valence-electron chi connectivity index (χ4n) is 2.63. The number of nitrogens with one attached hydrogen (secondary N) is 1. The minimum atomic E-state index is -0.143. The van der Waals surface area contributed by atoms with Crippen molar-refractivity contribution in [3.05, 3.63) is 59.1 Å². The van der Waals surface area contributed by atoms with E-state index in [0.717, 1.165) is 37.2 Å². The largest absolute Gasteiger partial charge is 0.393 e. The lowest BCUT2D eigenvalue weighted by atomic mass is 10.1. The van der Waals surface area contributed by atoms with Crippen molar-refractivity contribution >= 4 is 29.2 Å². The zero-order chi connectivity index (χ0) is 16.1. The Kier molecular flexibility index (Phi) is 5.16. The van der Waals surface area contributed by atoms with Gasteiger partial charge in [-0.3, -0.25) is 5.43 Å². The molecule has 0 saturated carbocycles. The average molecular weight is 330 g/mol. The first-order valence-corrected chi connectivity index (χ1v) is 8.16. The fraction of sp³-hybridized carbons (Fsp3) is 0.278. The summed E-state index contributed by atoms with van der Waals surface area (Å²) in [6, 6.07) is 15.7. The van der Waals surface area contributed by atoms with Crippen molar-refractivity contribution in [3.63, 3.8) is 0 Å². The molecule has 2 aromatic rings. The number of rotatable bonds is 4. The zero-order valence-corrected chi connectivity index (χ0v) is 13.6. The number of hydrogen-bond donors (Lipinski definition) is 2. The van der Waals surface area contributed by atoms with Crippen LogP contribution >= 0.6 is 11.6 Å². The van der Waals surface area contributed by atoms with E-state index in [-0.39, 0.29) is 6.10 Å². The van der Waals surface area contributed by atoms with Gasteiger partial charge in [-0.25, -0.2) is 0 Å². The molecule has 1 aliphatic heterocycles. The Hall–Kier alpha value is -2.04. The summed E-state index contributed by atoms with van der Waals surface area (Å²) < 4.78 is 0. The number of hydrazone groups is 1. The van der Waals surface area contributed by atoms with Crippen LogP contribution in [0, 0.1) is 0 Å². The summed E-state index contributed by atoms with van der Waals surface area (Å²) in [5.74, 6) is 0. The maximum atomic E-state index is 9.57. The van der Waals surface area contributed by atoms with Gasteiger partial charge in [0.25, 0.3) is 0 Å². The molecular weight excluding hydrogens is 310 g/mol. The topological polar surface area (TPSA) is 47.9 Å². The van der Waals surface area contributed by atoms with E-state index >= 15 is 0 Å². The Morgan fingerprint density at radius 3 is 2.57 bits per heavy atom. The van der Waals surface area contributed by atoms with Gasteiger partial charge in [-0.05, 0) is 48.7 Å². The molecular formula is C18H20ClN3O. The second kappa shape index (κ2) is 7.49. The third-order valence-electron chi connectivity index (χ3n) is 3.95. The number of halogens is 1. The summed E-state index contributed by atoms with van der Waals surface area (Å²) in [7, 11) is 0. The molecule has 1 heterocycles. The molecule has 2 aromatic carbocycles. The Morgan fingerprint density at radius 1 is 1.13 bits per heavy atom. The molecule has 0 bridgehead atoms. The molecule has 2 N–H and O–H groups in total. The fourth-order valence-corrected chi connectivity index (χ4v) is 2.82. The molecule has 0 spiro atoms. The summed E-state index contributed by atoms with van der Waals surface area (Å²) >= 11 is 5.93. The van der Waals surface area contributed by atoms with E-state index in [1.54, 1.807) is 6.21 Å². The minimum Gasteiger partial charge on any atom is -0.393 e. The highest BCUT2D eigenvalue weighted by Crippen LogP contribution is 2.20. The molecule has 1 saturated heterocycles. The number of aliphatic hydroxyl groups excluding tert-OH is 1. The van der Waals surface area contributed by atoms with Crippen LogP contribution in [0.25, 0.3) is 0 Å². The Labute approximate surface area is 141 Å². The normalized spacial score (nSPS) is 16.0. The van der Waals surface area contributed by atoms with Crippen LogP contribution in [0.3, 0.4) is 0 Å². The molecule has 0 aliphatic carbocycles. The third kappa shape index (κ3) is 4.47. The molecule has 23 heavy (non-hydrogen) atoms. The molecule has 120 valence electrons. The zero-order valence-electron chi connectivity index (χ0n) is 12.8. The molecule has 4 nitrogen and oxygen atoms in total. The van der Waals surface area contributed by atoms with E-state index in [1.807, 2.05) is 36.4 Å². The Balaban J connectivity index is 1.58. The highest BCUT2D eigenvalue weighted by atomic mass is 35.5. The number of nitrogens with zero attached hydrogens (tertiary/aromatic N) is 2. The lowest BCUT2D eigenvalue weighted by Gasteiger charge is -2.31. The van der Waals surface area contributed by atoms with Crippen LogP contribution in [0.1, 0.15) is 18.4 Å². The molecule has 1 aliphatic rings. The van der Waals surface area contributed by atoms with Crippen molar-refractivity contribution in [2.45, 2.75) is 18.9 Å². The van der Waals surface area contributed by atoms with E-state index in [2.05, 4.69) is 27.6 Å². The maximum absolute atomic E-state index is 9.57. The van der Waals surface area contributed by atoms with Gasteiger partial charge in [-0.1, -0.05) is 29.8 Å². The van der Waals surface area contributed by atoms with Crippen LogP contribution in [0.15, 0.2) is 53.6 Å². The summed E-state index contributed by atoms with van der Waals surface area (Å²) in [5, 5.41) is 14.5. The van der Waals surface area contributed by atoms with Crippen LogP contribution in [0.2, 0.25) is 5.02 Å². The SMILES string of the molecule is OC1CCN(c2ccc(C=NNc3cccc(Cl)c3)cc2)CC1. The van der Waals surface area contributed by atoms with E-state index in [0.29, 0.717) is 5.02 Å². The van der Waals surface area contributed by atoms with Crippen molar-refractivity contribution in [2.75, 3.05) is 23.4 Å². The second-order valence-electron chi connectivity index (χ2n) is 5.69. The number of benzene rings is 2.